The highest BCUT2D eigenvalue weighted by Gasteiger charge is 2.19. The maximum absolute atomic E-state index is 5.39. The fraction of sp³-hybridized carbons (Fsp3) is 1.00. The summed E-state index contributed by atoms with van der Waals surface area (Å²) >= 11 is 0. The van der Waals surface area contributed by atoms with Crippen molar-refractivity contribution in [3.8, 4) is 0 Å². The zero-order valence-electron chi connectivity index (χ0n) is 11.0. The molecule has 0 aromatic heterocycles. The second-order valence-corrected chi connectivity index (χ2v) is 9.86. The van der Waals surface area contributed by atoms with Gasteiger partial charge in [0.25, 0.3) is 0 Å². The van der Waals surface area contributed by atoms with Crippen LogP contribution in [-0.2, 0) is 8.85 Å². The van der Waals surface area contributed by atoms with E-state index >= 15 is 0 Å². The maximum Gasteiger partial charge on any atom is 0.323 e. The van der Waals surface area contributed by atoms with Crippen molar-refractivity contribution in [3.05, 3.63) is 0 Å². The highest BCUT2D eigenvalue weighted by atomic mass is 31.1. The van der Waals surface area contributed by atoms with E-state index in [-0.39, 0.29) is 0 Å². The largest absolute Gasteiger partial charge is 0.400 e. The van der Waals surface area contributed by atoms with Gasteiger partial charge in [0.1, 0.15) is 0 Å². The lowest BCUT2D eigenvalue weighted by Crippen LogP contribution is -2.24. The zero-order valence-corrected chi connectivity index (χ0v) is 13.0. The van der Waals surface area contributed by atoms with E-state index in [0.717, 1.165) is 0 Å². The van der Waals surface area contributed by atoms with Gasteiger partial charge in [-0.25, -0.2) is 0 Å². The molecule has 1 unspecified atom stereocenters. The SMILES string of the molecule is CCP(CC)CCCC(C)[SiH](OC)OC. The van der Waals surface area contributed by atoms with Crippen molar-refractivity contribution in [3.63, 3.8) is 0 Å². The molecule has 0 aromatic carbocycles. The minimum atomic E-state index is -1.36. The Balaban J connectivity index is 3.65. The minimum absolute atomic E-state index is 0.319. The van der Waals surface area contributed by atoms with Gasteiger partial charge < -0.3 is 8.85 Å². The predicted octanol–water partition coefficient (Wildman–Crippen LogP) is 3.19. The molecule has 1 atom stereocenters. The summed E-state index contributed by atoms with van der Waals surface area (Å²) < 4.78 is 10.8. The molecule has 0 aliphatic rings. The summed E-state index contributed by atoms with van der Waals surface area (Å²) in [6.07, 6.45) is 6.83. The summed E-state index contributed by atoms with van der Waals surface area (Å²) in [6, 6.07) is 0. The second kappa shape index (κ2) is 9.77. The van der Waals surface area contributed by atoms with Gasteiger partial charge in [-0.3, -0.25) is 0 Å². The molecule has 15 heavy (non-hydrogen) atoms. The van der Waals surface area contributed by atoms with Crippen LogP contribution >= 0.6 is 7.92 Å². The molecule has 0 spiro atoms. The molecule has 0 aliphatic heterocycles. The first-order valence-electron chi connectivity index (χ1n) is 5.97. The molecule has 92 valence electrons. The van der Waals surface area contributed by atoms with E-state index in [2.05, 4.69) is 20.8 Å². The van der Waals surface area contributed by atoms with Crippen LogP contribution in [0, 0.1) is 0 Å². The lowest BCUT2D eigenvalue weighted by atomic mass is 10.3. The molecule has 0 amide bonds. The van der Waals surface area contributed by atoms with E-state index in [0.29, 0.717) is 13.5 Å². The fourth-order valence-corrected chi connectivity index (χ4v) is 5.21. The van der Waals surface area contributed by atoms with Crippen molar-refractivity contribution >= 4 is 17.2 Å². The number of rotatable bonds is 9. The second-order valence-electron chi connectivity index (χ2n) is 3.99. The molecular weight excluding hydrogens is 223 g/mol. The highest BCUT2D eigenvalue weighted by molar-refractivity contribution is 7.57. The van der Waals surface area contributed by atoms with Crippen molar-refractivity contribution in [1.82, 2.24) is 0 Å². The standard InChI is InChI=1S/C11H27O2PSi/c1-6-14(7-2)10-8-9-11(3)15(12-4)13-5/h11,15H,6-10H2,1-5H3. The molecule has 0 aromatic rings. The third-order valence-corrected chi connectivity index (χ3v) is 7.89. The van der Waals surface area contributed by atoms with Crippen molar-refractivity contribution in [2.75, 3.05) is 32.7 Å². The molecule has 4 heteroatoms. The third kappa shape index (κ3) is 6.67. The lowest BCUT2D eigenvalue weighted by Gasteiger charge is -2.20. The van der Waals surface area contributed by atoms with Crippen LogP contribution in [0.5, 0.6) is 0 Å². The molecule has 0 saturated carbocycles. The Labute approximate surface area is 98.3 Å². The van der Waals surface area contributed by atoms with Crippen LogP contribution in [0.4, 0.5) is 0 Å². The summed E-state index contributed by atoms with van der Waals surface area (Å²) in [5, 5.41) is 0. The molecule has 0 heterocycles. The van der Waals surface area contributed by atoms with Crippen molar-refractivity contribution in [1.29, 1.82) is 0 Å². The van der Waals surface area contributed by atoms with Crippen molar-refractivity contribution in [2.24, 2.45) is 0 Å². The van der Waals surface area contributed by atoms with Gasteiger partial charge in [0.15, 0.2) is 0 Å². The van der Waals surface area contributed by atoms with Gasteiger partial charge in [-0.1, -0.05) is 20.8 Å². The van der Waals surface area contributed by atoms with Crippen molar-refractivity contribution in [2.45, 2.75) is 39.2 Å². The van der Waals surface area contributed by atoms with E-state index in [4.69, 9.17) is 8.85 Å². The van der Waals surface area contributed by atoms with E-state index < -0.39 is 9.28 Å². The Kier molecular flexibility index (Phi) is 10.1. The van der Waals surface area contributed by atoms with Gasteiger partial charge in [-0.05, 0) is 36.9 Å². The molecule has 0 N–H and O–H groups in total. The van der Waals surface area contributed by atoms with Crippen LogP contribution in [0.1, 0.15) is 33.6 Å². The Morgan fingerprint density at radius 3 is 2.07 bits per heavy atom. The molecule has 0 fully saturated rings. The third-order valence-electron chi connectivity index (χ3n) is 2.96. The lowest BCUT2D eigenvalue weighted by molar-refractivity contribution is 0.265. The zero-order chi connectivity index (χ0) is 11.7. The average Bonchev–Trinajstić information content (AvgIpc) is 2.26. The van der Waals surface area contributed by atoms with Crippen LogP contribution in [0.2, 0.25) is 5.54 Å². The van der Waals surface area contributed by atoms with E-state index in [1.807, 2.05) is 0 Å². The predicted molar refractivity (Wildman–Crippen MR) is 72.7 cm³/mol. The molecule has 0 bridgehead atoms. The normalized spacial score (nSPS) is 13.8. The Morgan fingerprint density at radius 2 is 1.67 bits per heavy atom. The van der Waals surface area contributed by atoms with E-state index in [9.17, 15) is 0 Å². The van der Waals surface area contributed by atoms with Gasteiger partial charge in [-0.2, -0.15) is 0 Å². The number of hydrogen-bond acceptors (Lipinski definition) is 2. The van der Waals surface area contributed by atoms with Crippen molar-refractivity contribution < 1.29 is 8.85 Å². The van der Waals surface area contributed by atoms with Gasteiger partial charge in [0, 0.05) is 14.2 Å². The van der Waals surface area contributed by atoms with Crippen LogP contribution in [0.3, 0.4) is 0 Å². The first kappa shape index (κ1) is 15.6. The minimum Gasteiger partial charge on any atom is -0.400 e. The van der Waals surface area contributed by atoms with Gasteiger partial charge in [0.05, 0.1) is 0 Å². The molecule has 0 aliphatic carbocycles. The van der Waals surface area contributed by atoms with E-state index in [1.54, 1.807) is 14.2 Å². The van der Waals surface area contributed by atoms with Crippen LogP contribution in [0.25, 0.3) is 0 Å². The number of hydrogen-bond donors (Lipinski definition) is 0. The summed E-state index contributed by atoms with van der Waals surface area (Å²) in [5.74, 6) is 0. The highest BCUT2D eigenvalue weighted by Crippen LogP contribution is 2.36. The topological polar surface area (TPSA) is 18.5 Å². The van der Waals surface area contributed by atoms with Crippen LogP contribution in [0.15, 0.2) is 0 Å². The fourth-order valence-electron chi connectivity index (χ4n) is 1.87. The molecule has 0 saturated heterocycles. The molecular formula is C11H27O2PSi. The Morgan fingerprint density at radius 1 is 1.13 bits per heavy atom. The van der Waals surface area contributed by atoms with Gasteiger partial charge in [0.2, 0.25) is 0 Å². The Bertz CT molecular complexity index is 139. The monoisotopic (exact) mass is 250 g/mol. The Hall–Kier alpha value is 0.567. The van der Waals surface area contributed by atoms with Crippen LogP contribution < -0.4 is 0 Å². The molecule has 0 rings (SSSR count). The quantitative estimate of drug-likeness (QED) is 0.462. The maximum atomic E-state index is 5.39. The first-order valence-corrected chi connectivity index (χ1v) is 9.48. The van der Waals surface area contributed by atoms with Crippen LogP contribution in [-0.4, -0.2) is 42.0 Å². The first-order chi connectivity index (χ1) is 7.19. The average molecular weight is 250 g/mol. The summed E-state index contributed by atoms with van der Waals surface area (Å²) in [5.41, 5.74) is 0.644. The smallest absolute Gasteiger partial charge is 0.323 e. The van der Waals surface area contributed by atoms with Gasteiger partial charge >= 0.3 is 9.28 Å². The van der Waals surface area contributed by atoms with Gasteiger partial charge in [-0.15, -0.1) is 7.92 Å². The summed E-state index contributed by atoms with van der Waals surface area (Å²) in [4.78, 5) is 0. The summed E-state index contributed by atoms with van der Waals surface area (Å²) in [7, 11) is 2.52. The molecule has 2 nitrogen and oxygen atoms in total. The molecule has 0 radical (unpaired) electrons. The van der Waals surface area contributed by atoms with E-state index in [1.165, 1.54) is 31.3 Å². The summed E-state index contributed by atoms with van der Waals surface area (Å²) in [6.45, 7) is 6.91.